The van der Waals surface area contributed by atoms with E-state index < -0.39 is 6.10 Å². The quantitative estimate of drug-likeness (QED) is 0.637. The van der Waals surface area contributed by atoms with Gasteiger partial charge in [0.25, 0.3) is 0 Å². The standard InChI is InChI=1S/C9H16N2O2/c12-8-5-9(13)11(6-8)7-10-3-1-2-4-10/h8,12H,1-7H2. The molecule has 0 aromatic heterocycles. The van der Waals surface area contributed by atoms with E-state index in [1.165, 1.54) is 12.8 Å². The minimum atomic E-state index is -0.435. The number of hydrogen-bond donors (Lipinski definition) is 1. The minimum Gasteiger partial charge on any atom is -0.391 e. The predicted octanol–water partition coefficient (Wildman–Crippen LogP) is -0.367. The van der Waals surface area contributed by atoms with Gasteiger partial charge in [-0.25, -0.2) is 0 Å². The van der Waals surface area contributed by atoms with E-state index in [1.54, 1.807) is 4.90 Å². The fourth-order valence-corrected chi connectivity index (χ4v) is 2.05. The van der Waals surface area contributed by atoms with Gasteiger partial charge in [0.1, 0.15) is 0 Å². The number of aliphatic hydroxyl groups excluding tert-OH is 1. The van der Waals surface area contributed by atoms with E-state index >= 15 is 0 Å². The van der Waals surface area contributed by atoms with Gasteiger partial charge in [-0.15, -0.1) is 0 Å². The molecule has 0 aliphatic carbocycles. The van der Waals surface area contributed by atoms with Crippen molar-refractivity contribution in [2.45, 2.75) is 25.4 Å². The first kappa shape index (κ1) is 8.97. The molecule has 0 bridgehead atoms. The average molecular weight is 184 g/mol. The van der Waals surface area contributed by atoms with Crippen LogP contribution in [0.5, 0.6) is 0 Å². The Morgan fingerprint density at radius 2 is 2.08 bits per heavy atom. The van der Waals surface area contributed by atoms with Crippen LogP contribution >= 0.6 is 0 Å². The van der Waals surface area contributed by atoms with Crippen LogP contribution in [0.15, 0.2) is 0 Å². The normalized spacial score (nSPS) is 30.4. The minimum absolute atomic E-state index is 0.0967. The summed E-state index contributed by atoms with van der Waals surface area (Å²) in [4.78, 5) is 15.3. The van der Waals surface area contributed by atoms with Gasteiger partial charge in [0.05, 0.1) is 19.2 Å². The van der Waals surface area contributed by atoms with Gasteiger partial charge in [-0.1, -0.05) is 0 Å². The summed E-state index contributed by atoms with van der Waals surface area (Å²) in [6.45, 7) is 3.44. The lowest BCUT2D eigenvalue weighted by Crippen LogP contribution is -2.37. The third-order valence-electron chi connectivity index (χ3n) is 2.76. The van der Waals surface area contributed by atoms with Crippen LogP contribution in [0, 0.1) is 0 Å². The molecule has 0 saturated carbocycles. The Hall–Kier alpha value is -0.610. The number of β-amino-alcohol motifs (C(OH)–C–C–N with tert-alkyl or cyclic N) is 1. The second-order valence-electron chi connectivity index (χ2n) is 3.94. The highest BCUT2D eigenvalue weighted by Crippen LogP contribution is 2.14. The molecule has 1 atom stereocenters. The summed E-state index contributed by atoms with van der Waals surface area (Å²) in [6, 6.07) is 0. The first-order valence-electron chi connectivity index (χ1n) is 4.94. The fraction of sp³-hybridized carbons (Fsp3) is 0.889. The zero-order valence-electron chi connectivity index (χ0n) is 7.78. The van der Waals surface area contributed by atoms with E-state index in [0.29, 0.717) is 13.0 Å². The fourth-order valence-electron chi connectivity index (χ4n) is 2.05. The SMILES string of the molecule is O=C1CC(O)CN1CN1CCCC1. The number of carbonyl (C=O) groups is 1. The molecular weight excluding hydrogens is 168 g/mol. The molecule has 0 aromatic rings. The highest BCUT2D eigenvalue weighted by Gasteiger charge is 2.29. The van der Waals surface area contributed by atoms with Gasteiger partial charge < -0.3 is 10.0 Å². The molecule has 2 aliphatic heterocycles. The van der Waals surface area contributed by atoms with Gasteiger partial charge >= 0.3 is 0 Å². The van der Waals surface area contributed by atoms with Gasteiger partial charge in [0.15, 0.2) is 0 Å². The number of aliphatic hydroxyl groups is 1. The predicted molar refractivity (Wildman–Crippen MR) is 48.0 cm³/mol. The second kappa shape index (κ2) is 3.64. The van der Waals surface area contributed by atoms with Crippen LogP contribution in [-0.4, -0.2) is 53.2 Å². The van der Waals surface area contributed by atoms with Gasteiger partial charge in [-0.2, -0.15) is 0 Å². The van der Waals surface area contributed by atoms with Crippen molar-refractivity contribution in [3.05, 3.63) is 0 Å². The van der Waals surface area contributed by atoms with Crippen LogP contribution in [0.25, 0.3) is 0 Å². The van der Waals surface area contributed by atoms with Crippen LogP contribution in [0.2, 0.25) is 0 Å². The molecule has 2 rings (SSSR count). The van der Waals surface area contributed by atoms with Crippen LogP contribution in [0.1, 0.15) is 19.3 Å². The van der Waals surface area contributed by atoms with Crippen LogP contribution < -0.4 is 0 Å². The molecule has 1 N–H and O–H groups in total. The maximum Gasteiger partial charge on any atom is 0.226 e. The van der Waals surface area contributed by atoms with Gasteiger partial charge in [-0.3, -0.25) is 9.69 Å². The van der Waals surface area contributed by atoms with E-state index in [1.807, 2.05) is 0 Å². The maximum atomic E-state index is 11.3. The molecule has 0 aromatic carbocycles. The van der Waals surface area contributed by atoms with E-state index in [0.717, 1.165) is 19.8 Å². The van der Waals surface area contributed by atoms with Gasteiger partial charge in [-0.05, 0) is 25.9 Å². The molecule has 74 valence electrons. The van der Waals surface area contributed by atoms with E-state index in [2.05, 4.69) is 4.90 Å². The lowest BCUT2D eigenvalue weighted by atomic mass is 10.3. The largest absolute Gasteiger partial charge is 0.391 e. The summed E-state index contributed by atoms with van der Waals surface area (Å²) in [7, 11) is 0. The summed E-state index contributed by atoms with van der Waals surface area (Å²) >= 11 is 0. The summed E-state index contributed by atoms with van der Waals surface area (Å²) in [5.74, 6) is 0.0967. The summed E-state index contributed by atoms with van der Waals surface area (Å²) in [5.41, 5.74) is 0. The Morgan fingerprint density at radius 3 is 2.62 bits per heavy atom. The Labute approximate surface area is 78.1 Å². The Morgan fingerprint density at radius 1 is 1.38 bits per heavy atom. The van der Waals surface area contributed by atoms with Crippen molar-refractivity contribution in [3.63, 3.8) is 0 Å². The number of hydrogen-bond acceptors (Lipinski definition) is 3. The monoisotopic (exact) mass is 184 g/mol. The summed E-state index contributed by atoms with van der Waals surface area (Å²) in [5, 5.41) is 9.26. The molecule has 1 amide bonds. The van der Waals surface area contributed by atoms with Crippen molar-refractivity contribution in [2.75, 3.05) is 26.3 Å². The third kappa shape index (κ3) is 2.00. The number of amides is 1. The van der Waals surface area contributed by atoms with Crippen LogP contribution in [-0.2, 0) is 4.79 Å². The molecule has 4 heteroatoms. The first-order valence-corrected chi connectivity index (χ1v) is 4.94. The third-order valence-corrected chi connectivity index (χ3v) is 2.76. The molecule has 1 unspecified atom stereocenters. The first-order chi connectivity index (χ1) is 6.25. The molecule has 2 saturated heterocycles. The van der Waals surface area contributed by atoms with Crippen molar-refractivity contribution in [3.8, 4) is 0 Å². The molecule has 2 aliphatic rings. The van der Waals surface area contributed by atoms with E-state index in [4.69, 9.17) is 0 Å². The smallest absolute Gasteiger partial charge is 0.226 e. The number of rotatable bonds is 2. The van der Waals surface area contributed by atoms with E-state index in [-0.39, 0.29) is 5.91 Å². The molecule has 13 heavy (non-hydrogen) atoms. The molecule has 2 heterocycles. The highest BCUT2D eigenvalue weighted by molar-refractivity contribution is 5.78. The zero-order valence-corrected chi connectivity index (χ0v) is 7.78. The lowest BCUT2D eigenvalue weighted by Gasteiger charge is -2.23. The topological polar surface area (TPSA) is 43.8 Å². The Bertz CT molecular complexity index is 202. The van der Waals surface area contributed by atoms with Crippen molar-refractivity contribution < 1.29 is 9.90 Å². The van der Waals surface area contributed by atoms with Gasteiger partial charge in [0.2, 0.25) is 5.91 Å². The van der Waals surface area contributed by atoms with Crippen molar-refractivity contribution in [1.29, 1.82) is 0 Å². The average Bonchev–Trinajstić information content (AvgIpc) is 2.63. The maximum absolute atomic E-state index is 11.3. The number of carbonyl (C=O) groups excluding carboxylic acids is 1. The Balaban J connectivity index is 1.83. The van der Waals surface area contributed by atoms with Crippen molar-refractivity contribution in [2.24, 2.45) is 0 Å². The summed E-state index contributed by atoms with van der Waals surface area (Å²) < 4.78 is 0. The highest BCUT2D eigenvalue weighted by atomic mass is 16.3. The Kier molecular flexibility index (Phi) is 2.51. The molecule has 4 nitrogen and oxygen atoms in total. The van der Waals surface area contributed by atoms with Crippen LogP contribution in [0.4, 0.5) is 0 Å². The molecule has 0 radical (unpaired) electrons. The lowest BCUT2D eigenvalue weighted by molar-refractivity contribution is -0.129. The van der Waals surface area contributed by atoms with E-state index in [9.17, 15) is 9.90 Å². The second-order valence-corrected chi connectivity index (χ2v) is 3.94. The molecule has 2 fully saturated rings. The van der Waals surface area contributed by atoms with Crippen LogP contribution in [0.3, 0.4) is 0 Å². The van der Waals surface area contributed by atoms with Crippen molar-refractivity contribution in [1.82, 2.24) is 9.80 Å². The number of nitrogens with zero attached hydrogens (tertiary/aromatic N) is 2. The summed E-state index contributed by atoms with van der Waals surface area (Å²) in [6.07, 6.45) is 2.36. The van der Waals surface area contributed by atoms with Crippen molar-refractivity contribution >= 4 is 5.91 Å². The number of likely N-dealkylation sites (tertiary alicyclic amines) is 2. The zero-order chi connectivity index (χ0) is 9.26. The molecule has 0 spiro atoms. The molecular formula is C9H16N2O2. The van der Waals surface area contributed by atoms with Gasteiger partial charge in [0, 0.05) is 6.54 Å².